The molecule has 0 bridgehead atoms. The molecule has 16 heavy (non-hydrogen) atoms. The van der Waals surface area contributed by atoms with Gasteiger partial charge >= 0.3 is 0 Å². The Morgan fingerprint density at radius 1 is 1.19 bits per heavy atom. The highest BCUT2D eigenvalue weighted by molar-refractivity contribution is 5.08. The van der Waals surface area contributed by atoms with Gasteiger partial charge in [-0.2, -0.15) is 0 Å². The van der Waals surface area contributed by atoms with Crippen molar-refractivity contribution in [1.29, 1.82) is 0 Å². The van der Waals surface area contributed by atoms with Crippen LogP contribution in [0.1, 0.15) is 37.7 Å². The van der Waals surface area contributed by atoms with E-state index in [1.54, 1.807) is 12.4 Å². The molecule has 3 heteroatoms. The van der Waals surface area contributed by atoms with Crippen LogP contribution in [-0.4, -0.2) is 17.1 Å². The van der Waals surface area contributed by atoms with E-state index in [0.717, 1.165) is 18.4 Å². The van der Waals surface area contributed by atoms with Gasteiger partial charge in [-0.25, -0.2) is 0 Å². The highest BCUT2D eigenvalue weighted by atomic mass is 16.5. The van der Waals surface area contributed by atoms with Crippen molar-refractivity contribution in [2.24, 2.45) is 5.73 Å². The van der Waals surface area contributed by atoms with Gasteiger partial charge in [-0.3, -0.25) is 4.98 Å². The second-order valence-electron chi connectivity index (χ2n) is 4.77. The summed E-state index contributed by atoms with van der Waals surface area (Å²) in [6.07, 6.45) is 9.59. The van der Waals surface area contributed by atoms with Gasteiger partial charge in [0.25, 0.3) is 0 Å². The second-order valence-corrected chi connectivity index (χ2v) is 4.77. The third kappa shape index (κ3) is 3.29. The quantitative estimate of drug-likeness (QED) is 0.846. The maximum Gasteiger partial charge on any atom is 0.0718 e. The highest BCUT2D eigenvalue weighted by Gasteiger charge is 2.27. The van der Waals surface area contributed by atoms with Crippen LogP contribution in [0.4, 0.5) is 0 Å². The Morgan fingerprint density at radius 2 is 1.88 bits per heavy atom. The molecule has 1 aliphatic rings. The molecule has 0 atom stereocenters. The van der Waals surface area contributed by atoms with Crippen molar-refractivity contribution in [3.8, 4) is 0 Å². The lowest BCUT2D eigenvalue weighted by Crippen LogP contribution is -2.46. The number of nitrogens with zero attached hydrogens (tertiary/aromatic N) is 1. The van der Waals surface area contributed by atoms with Gasteiger partial charge < -0.3 is 10.5 Å². The van der Waals surface area contributed by atoms with Crippen LogP contribution in [0.15, 0.2) is 24.5 Å². The molecule has 3 nitrogen and oxygen atoms in total. The molecule has 2 rings (SSSR count). The fraction of sp³-hybridized carbons (Fsp3) is 0.615. The largest absolute Gasteiger partial charge is 0.375 e. The van der Waals surface area contributed by atoms with Crippen molar-refractivity contribution in [3.63, 3.8) is 0 Å². The molecule has 0 amide bonds. The summed E-state index contributed by atoms with van der Waals surface area (Å²) < 4.78 is 5.71. The van der Waals surface area contributed by atoms with Gasteiger partial charge in [-0.05, 0) is 30.5 Å². The minimum Gasteiger partial charge on any atom is -0.375 e. The van der Waals surface area contributed by atoms with Crippen molar-refractivity contribution in [2.45, 2.75) is 44.2 Å². The van der Waals surface area contributed by atoms with E-state index in [1.807, 2.05) is 12.1 Å². The predicted molar refractivity (Wildman–Crippen MR) is 63.9 cm³/mol. The van der Waals surface area contributed by atoms with Crippen molar-refractivity contribution < 1.29 is 4.74 Å². The maximum atomic E-state index is 6.29. The number of ether oxygens (including phenoxy) is 1. The molecule has 0 spiro atoms. The van der Waals surface area contributed by atoms with Gasteiger partial charge in [-0.1, -0.05) is 19.3 Å². The standard InChI is InChI=1S/C13H20N2O/c14-13(6-2-1-3-7-13)11-16-10-12-4-8-15-9-5-12/h4-5,8-9H,1-3,6-7,10-11,14H2. The zero-order chi connectivity index (χ0) is 11.3. The molecule has 1 saturated carbocycles. The van der Waals surface area contributed by atoms with Crippen LogP contribution < -0.4 is 5.73 Å². The molecule has 2 N–H and O–H groups in total. The predicted octanol–water partition coefficient (Wildman–Crippen LogP) is 2.26. The first-order valence-electron chi connectivity index (χ1n) is 6.04. The molecule has 1 aliphatic carbocycles. The van der Waals surface area contributed by atoms with E-state index >= 15 is 0 Å². The van der Waals surface area contributed by atoms with E-state index in [1.165, 1.54) is 19.3 Å². The molecular formula is C13H20N2O. The fourth-order valence-electron chi connectivity index (χ4n) is 2.25. The lowest BCUT2D eigenvalue weighted by Gasteiger charge is -2.33. The lowest BCUT2D eigenvalue weighted by molar-refractivity contribution is 0.0574. The molecule has 0 unspecified atom stereocenters. The summed E-state index contributed by atoms with van der Waals surface area (Å²) in [5.41, 5.74) is 7.37. The van der Waals surface area contributed by atoms with E-state index in [-0.39, 0.29) is 5.54 Å². The van der Waals surface area contributed by atoms with Crippen molar-refractivity contribution >= 4 is 0 Å². The van der Waals surface area contributed by atoms with E-state index in [2.05, 4.69) is 4.98 Å². The summed E-state index contributed by atoms with van der Waals surface area (Å²) in [6.45, 7) is 1.32. The molecule has 1 fully saturated rings. The molecule has 1 aromatic heterocycles. The summed E-state index contributed by atoms with van der Waals surface area (Å²) >= 11 is 0. The monoisotopic (exact) mass is 220 g/mol. The molecular weight excluding hydrogens is 200 g/mol. The van der Waals surface area contributed by atoms with E-state index in [9.17, 15) is 0 Å². The van der Waals surface area contributed by atoms with E-state index in [0.29, 0.717) is 13.2 Å². The SMILES string of the molecule is NC1(COCc2ccncc2)CCCCC1. The van der Waals surface area contributed by atoms with Crippen LogP contribution in [0.2, 0.25) is 0 Å². The smallest absolute Gasteiger partial charge is 0.0718 e. The van der Waals surface area contributed by atoms with Gasteiger partial charge in [0.2, 0.25) is 0 Å². The van der Waals surface area contributed by atoms with Crippen LogP contribution in [-0.2, 0) is 11.3 Å². The van der Waals surface area contributed by atoms with E-state index < -0.39 is 0 Å². The summed E-state index contributed by atoms with van der Waals surface area (Å²) in [5, 5.41) is 0. The molecule has 0 aromatic carbocycles. The third-order valence-corrected chi connectivity index (χ3v) is 3.26. The van der Waals surface area contributed by atoms with Crippen molar-refractivity contribution in [2.75, 3.05) is 6.61 Å². The maximum absolute atomic E-state index is 6.29. The average molecular weight is 220 g/mol. The first-order valence-corrected chi connectivity index (χ1v) is 6.04. The zero-order valence-electron chi connectivity index (χ0n) is 9.69. The second kappa shape index (κ2) is 5.41. The van der Waals surface area contributed by atoms with Gasteiger partial charge in [0.15, 0.2) is 0 Å². The molecule has 0 saturated heterocycles. The lowest BCUT2D eigenvalue weighted by atomic mass is 9.83. The number of hydrogen-bond acceptors (Lipinski definition) is 3. The number of nitrogens with two attached hydrogens (primary N) is 1. The van der Waals surface area contributed by atoms with E-state index in [4.69, 9.17) is 10.5 Å². The molecule has 0 aliphatic heterocycles. The number of pyridine rings is 1. The van der Waals surface area contributed by atoms with Gasteiger partial charge in [0, 0.05) is 17.9 Å². The van der Waals surface area contributed by atoms with Crippen LogP contribution >= 0.6 is 0 Å². The summed E-state index contributed by atoms with van der Waals surface area (Å²) in [4.78, 5) is 3.98. The average Bonchev–Trinajstić information content (AvgIpc) is 2.31. The number of aromatic nitrogens is 1. The Bertz CT molecular complexity index is 307. The number of hydrogen-bond donors (Lipinski definition) is 1. The molecule has 88 valence electrons. The topological polar surface area (TPSA) is 48.1 Å². The summed E-state index contributed by atoms with van der Waals surface area (Å²) in [5.74, 6) is 0. The van der Waals surface area contributed by atoms with Gasteiger partial charge in [0.1, 0.15) is 0 Å². The Kier molecular flexibility index (Phi) is 3.91. The summed E-state index contributed by atoms with van der Waals surface area (Å²) in [6, 6.07) is 3.95. The first-order chi connectivity index (χ1) is 7.79. The Balaban J connectivity index is 1.75. The van der Waals surface area contributed by atoms with Crippen molar-refractivity contribution in [1.82, 2.24) is 4.98 Å². The van der Waals surface area contributed by atoms with Gasteiger partial charge in [0.05, 0.1) is 13.2 Å². The van der Waals surface area contributed by atoms with Crippen LogP contribution in [0.5, 0.6) is 0 Å². The summed E-state index contributed by atoms with van der Waals surface area (Å²) in [7, 11) is 0. The van der Waals surface area contributed by atoms with Crippen molar-refractivity contribution in [3.05, 3.63) is 30.1 Å². The van der Waals surface area contributed by atoms with Gasteiger partial charge in [-0.15, -0.1) is 0 Å². The van der Waals surface area contributed by atoms with Crippen LogP contribution in [0, 0.1) is 0 Å². The Morgan fingerprint density at radius 3 is 2.56 bits per heavy atom. The minimum atomic E-state index is -0.0781. The first kappa shape index (κ1) is 11.6. The third-order valence-electron chi connectivity index (χ3n) is 3.26. The Labute approximate surface area is 97.0 Å². The zero-order valence-corrected chi connectivity index (χ0v) is 9.69. The molecule has 1 heterocycles. The highest BCUT2D eigenvalue weighted by Crippen LogP contribution is 2.26. The Hall–Kier alpha value is -0.930. The van der Waals surface area contributed by atoms with Crippen LogP contribution in [0.25, 0.3) is 0 Å². The molecule has 0 radical (unpaired) electrons. The minimum absolute atomic E-state index is 0.0781. The normalized spacial score (nSPS) is 19.6. The molecule has 1 aromatic rings. The number of rotatable bonds is 4. The fourth-order valence-corrected chi connectivity index (χ4v) is 2.25. The van der Waals surface area contributed by atoms with Crippen LogP contribution in [0.3, 0.4) is 0 Å².